The number of hydrogen-bond acceptors (Lipinski definition) is 3. The van der Waals surface area contributed by atoms with Crippen molar-refractivity contribution in [2.75, 3.05) is 20.3 Å². The molecule has 1 N–H and O–H groups in total. The lowest BCUT2D eigenvalue weighted by Crippen LogP contribution is -2.25. The van der Waals surface area contributed by atoms with Crippen molar-refractivity contribution in [1.29, 1.82) is 0 Å². The van der Waals surface area contributed by atoms with Crippen molar-refractivity contribution < 1.29 is 14.3 Å². The minimum absolute atomic E-state index is 0.216. The number of nitrogens with one attached hydrogen (secondary N) is 1. The summed E-state index contributed by atoms with van der Waals surface area (Å²) in [5, 5.41) is 3.03. The summed E-state index contributed by atoms with van der Waals surface area (Å²) < 4.78 is 10.5. The molecule has 1 atom stereocenters. The van der Waals surface area contributed by atoms with Gasteiger partial charge in [0.05, 0.1) is 6.61 Å². The second-order valence-electron chi connectivity index (χ2n) is 5.83. The third kappa shape index (κ3) is 2.96. The van der Waals surface area contributed by atoms with E-state index in [-0.39, 0.29) is 11.8 Å². The predicted octanol–water partition coefficient (Wildman–Crippen LogP) is 2.13. The van der Waals surface area contributed by atoms with Gasteiger partial charge in [-0.1, -0.05) is 12.1 Å². The molecule has 4 nitrogen and oxygen atoms in total. The van der Waals surface area contributed by atoms with Gasteiger partial charge >= 0.3 is 0 Å². The van der Waals surface area contributed by atoms with Crippen molar-refractivity contribution in [2.24, 2.45) is 11.3 Å². The lowest BCUT2D eigenvalue weighted by molar-refractivity contribution is -0.122. The number of carbonyl (C=O) groups excluding carboxylic acids is 1. The molecule has 0 aromatic heterocycles. The van der Waals surface area contributed by atoms with Gasteiger partial charge in [0.2, 0.25) is 5.91 Å². The second-order valence-corrected chi connectivity index (χ2v) is 5.83. The van der Waals surface area contributed by atoms with Crippen LogP contribution in [0.5, 0.6) is 5.75 Å². The Labute approximate surface area is 119 Å². The highest BCUT2D eigenvalue weighted by atomic mass is 16.5. The lowest BCUT2D eigenvalue weighted by atomic mass is 10.2. The lowest BCUT2D eigenvalue weighted by Gasteiger charge is -2.08. The van der Waals surface area contributed by atoms with Crippen molar-refractivity contribution in [2.45, 2.75) is 25.8 Å². The second kappa shape index (κ2) is 5.44. The van der Waals surface area contributed by atoms with E-state index in [0.717, 1.165) is 17.7 Å². The predicted molar refractivity (Wildman–Crippen MR) is 75.4 cm³/mol. The first kappa shape index (κ1) is 13.4. The Hall–Kier alpha value is -1.55. The fraction of sp³-hybridized carbons (Fsp3) is 0.562. The molecule has 0 bridgehead atoms. The van der Waals surface area contributed by atoms with E-state index in [1.54, 1.807) is 7.11 Å². The molecule has 1 aromatic rings. The molecule has 20 heavy (non-hydrogen) atoms. The van der Waals surface area contributed by atoms with Crippen LogP contribution in [0.3, 0.4) is 0 Å². The maximum Gasteiger partial charge on any atom is 0.223 e. The summed E-state index contributed by atoms with van der Waals surface area (Å²) in [5.74, 6) is 1.32. The number of carbonyl (C=O) groups is 1. The Morgan fingerprint density at radius 2 is 2.25 bits per heavy atom. The van der Waals surface area contributed by atoms with Crippen LogP contribution in [0.15, 0.2) is 24.3 Å². The molecular formula is C16H21NO3. The van der Waals surface area contributed by atoms with Crippen LogP contribution in [0.2, 0.25) is 0 Å². The van der Waals surface area contributed by atoms with E-state index in [2.05, 4.69) is 5.32 Å². The van der Waals surface area contributed by atoms with E-state index in [9.17, 15) is 4.79 Å². The van der Waals surface area contributed by atoms with Gasteiger partial charge in [-0.2, -0.15) is 0 Å². The minimum Gasteiger partial charge on any atom is -0.491 e. The van der Waals surface area contributed by atoms with Crippen molar-refractivity contribution in [3.8, 4) is 5.75 Å². The Kier molecular flexibility index (Phi) is 3.66. The average molecular weight is 275 g/mol. The molecule has 3 rings (SSSR count). The highest BCUT2D eigenvalue weighted by molar-refractivity contribution is 5.83. The van der Waals surface area contributed by atoms with Gasteiger partial charge in [0.25, 0.3) is 0 Å². The zero-order valence-corrected chi connectivity index (χ0v) is 11.9. The zero-order chi connectivity index (χ0) is 14.0. The third-order valence-corrected chi connectivity index (χ3v) is 4.32. The van der Waals surface area contributed by atoms with Crippen LogP contribution >= 0.6 is 0 Å². The van der Waals surface area contributed by atoms with Gasteiger partial charge < -0.3 is 14.8 Å². The molecule has 108 valence electrons. The van der Waals surface area contributed by atoms with Crippen molar-refractivity contribution >= 4 is 5.91 Å². The molecule has 0 aliphatic heterocycles. The van der Waals surface area contributed by atoms with Crippen molar-refractivity contribution in [3.63, 3.8) is 0 Å². The van der Waals surface area contributed by atoms with Crippen LogP contribution in [-0.2, 0) is 16.1 Å². The first-order valence-corrected chi connectivity index (χ1v) is 7.22. The van der Waals surface area contributed by atoms with Crippen LogP contribution in [0.4, 0.5) is 0 Å². The number of ether oxygens (including phenoxy) is 2. The molecule has 0 saturated heterocycles. The molecule has 1 amide bonds. The van der Waals surface area contributed by atoms with E-state index in [0.29, 0.717) is 25.2 Å². The van der Waals surface area contributed by atoms with Gasteiger partial charge in [0.1, 0.15) is 12.4 Å². The molecule has 0 heterocycles. The van der Waals surface area contributed by atoms with E-state index in [4.69, 9.17) is 9.47 Å². The van der Waals surface area contributed by atoms with Crippen LogP contribution in [-0.4, -0.2) is 26.2 Å². The van der Waals surface area contributed by atoms with Gasteiger partial charge in [-0.25, -0.2) is 0 Å². The van der Waals surface area contributed by atoms with E-state index < -0.39 is 0 Å². The molecule has 2 aliphatic carbocycles. The van der Waals surface area contributed by atoms with E-state index in [1.807, 2.05) is 24.3 Å². The van der Waals surface area contributed by atoms with Crippen molar-refractivity contribution in [1.82, 2.24) is 5.32 Å². The van der Waals surface area contributed by atoms with Crippen molar-refractivity contribution in [3.05, 3.63) is 29.8 Å². The minimum atomic E-state index is 0.216. The molecule has 4 heteroatoms. The summed E-state index contributed by atoms with van der Waals surface area (Å²) in [5.41, 5.74) is 1.49. The number of amides is 1. The van der Waals surface area contributed by atoms with Gasteiger partial charge in [0.15, 0.2) is 0 Å². The number of benzene rings is 1. The van der Waals surface area contributed by atoms with Crippen LogP contribution in [0, 0.1) is 11.3 Å². The summed E-state index contributed by atoms with van der Waals surface area (Å²) >= 11 is 0. The molecule has 0 unspecified atom stereocenters. The molecule has 2 fully saturated rings. The molecule has 1 aromatic carbocycles. The van der Waals surface area contributed by atoms with Crippen LogP contribution in [0.25, 0.3) is 0 Å². The maximum absolute atomic E-state index is 12.0. The summed E-state index contributed by atoms with van der Waals surface area (Å²) in [6.45, 7) is 1.69. The number of methoxy groups -OCH3 is 1. The number of rotatable bonds is 7. The van der Waals surface area contributed by atoms with E-state index >= 15 is 0 Å². The quantitative estimate of drug-likeness (QED) is 0.775. The summed E-state index contributed by atoms with van der Waals surface area (Å²) in [7, 11) is 1.65. The Balaban J connectivity index is 1.47. The maximum atomic E-state index is 12.0. The summed E-state index contributed by atoms with van der Waals surface area (Å²) in [4.78, 5) is 12.0. The van der Waals surface area contributed by atoms with Gasteiger partial charge in [0, 0.05) is 19.6 Å². The van der Waals surface area contributed by atoms with E-state index in [1.165, 1.54) is 12.8 Å². The Bertz CT molecular complexity index is 496. The van der Waals surface area contributed by atoms with Crippen LogP contribution < -0.4 is 10.1 Å². The Morgan fingerprint density at radius 3 is 2.95 bits per heavy atom. The fourth-order valence-corrected chi connectivity index (χ4v) is 2.73. The van der Waals surface area contributed by atoms with Gasteiger partial charge in [-0.05, 0) is 42.4 Å². The standard InChI is InChI=1S/C16H21NO3/c1-19-7-8-20-13-4-2-3-12(9-13)11-17-15(18)14-10-16(14)5-6-16/h2-4,9,14H,5-8,10-11H2,1H3,(H,17,18)/t14-/m0/s1. The molecule has 0 radical (unpaired) electrons. The van der Waals surface area contributed by atoms with Gasteiger partial charge in [-0.3, -0.25) is 4.79 Å². The highest BCUT2D eigenvalue weighted by Gasteiger charge is 2.65. The zero-order valence-electron chi connectivity index (χ0n) is 11.9. The normalized spacial score (nSPS) is 21.6. The SMILES string of the molecule is COCCOc1cccc(CNC(=O)[C@@H]2CC23CC3)c1. The summed E-state index contributed by atoms with van der Waals surface area (Å²) in [6.07, 6.45) is 3.58. The number of hydrogen-bond donors (Lipinski definition) is 1. The molecule has 2 saturated carbocycles. The highest BCUT2D eigenvalue weighted by Crippen LogP contribution is 2.70. The van der Waals surface area contributed by atoms with Crippen LogP contribution in [0.1, 0.15) is 24.8 Å². The Morgan fingerprint density at radius 1 is 1.40 bits per heavy atom. The topological polar surface area (TPSA) is 47.6 Å². The smallest absolute Gasteiger partial charge is 0.223 e. The largest absolute Gasteiger partial charge is 0.491 e. The molecular weight excluding hydrogens is 254 g/mol. The third-order valence-electron chi connectivity index (χ3n) is 4.32. The first-order chi connectivity index (χ1) is 9.73. The van der Waals surface area contributed by atoms with Gasteiger partial charge in [-0.15, -0.1) is 0 Å². The molecule has 2 aliphatic rings. The monoisotopic (exact) mass is 275 g/mol. The fourth-order valence-electron chi connectivity index (χ4n) is 2.73. The first-order valence-electron chi connectivity index (χ1n) is 7.22. The molecule has 1 spiro atoms. The summed E-state index contributed by atoms with van der Waals surface area (Å²) in [6, 6.07) is 7.84. The average Bonchev–Trinajstić information content (AvgIpc) is 3.38.